The molecule has 4 heteroatoms. The number of rotatable bonds is 6. The number of nitrogens with one attached hydrogen (secondary N) is 1. The first kappa shape index (κ1) is 15.4. The molecule has 1 aliphatic heterocycles. The quantitative estimate of drug-likeness (QED) is 0.755. The zero-order valence-corrected chi connectivity index (χ0v) is 12.0. The molecule has 0 aromatic carbocycles. The predicted octanol–water partition coefficient (Wildman–Crippen LogP) is 1.39. The minimum absolute atomic E-state index is 0.0941. The maximum Gasteiger partial charge on any atom is 0.224 e. The van der Waals surface area contributed by atoms with E-state index in [2.05, 4.69) is 10.2 Å². The molecule has 18 heavy (non-hydrogen) atoms. The average molecular weight is 256 g/mol. The molecule has 4 nitrogen and oxygen atoms in total. The van der Waals surface area contributed by atoms with Crippen LogP contribution in [-0.2, 0) is 4.79 Å². The molecule has 0 aliphatic carbocycles. The van der Waals surface area contributed by atoms with Gasteiger partial charge in [-0.1, -0.05) is 13.8 Å². The Bertz CT molecular complexity index is 265. The van der Waals surface area contributed by atoms with Gasteiger partial charge in [0.2, 0.25) is 5.91 Å². The van der Waals surface area contributed by atoms with Crippen molar-refractivity contribution in [3.05, 3.63) is 0 Å². The van der Waals surface area contributed by atoms with E-state index in [1.54, 1.807) is 0 Å². The number of β-amino-alcohol motifs (C(OH)–C–C–N with tert-alkyl or cyclic N) is 1. The van der Waals surface area contributed by atoms with Gasteiger partial charge in [-0.15, -0.1) is 0 Å². The molecule has 0 aromatic heterocycles. The molecule has 1 aliphatic rings. The number of carbonyl (C=O) groups is 1. The Morgan fingerprint density at radius 3 is 2.61 bits per heavy atom. The molecular formula is C14H28N2O2. The number of aliphatic hydroxyl groups is 1. The van der Waals surface area contributed by atoms with Crippen LogP contribution in [0, 0.1) is 5.92 Å². The Morgan fingerprint density at radius 2 is 2.06 bits per heavy atom. The van der Waals surface area contributed by atoms with E-state index < -0.39 is 5.60 Å². The summed E-state index contributed by atoms with van der Waals surface area (Å²) in [6.45, 7) is 9.17. The number of likely N-dealkylation sites (tertiary alicyclic amines) is 1. The molecule has 0 spiro atoms. The Kier molecular flexibility index (Phi) is 6.09. The first-order chi connectivity index (χ1) is 8.54. The highest BCUT2D eigenvalue weighted by Crippen LogP contribution is 2.22. The summed E-state index contributed by atoms with van der Waals surface area (Å²) < 4.78 is 0. The predicted molar refractivity (Wildman–Crippen MR) is 73.4 cm³/mol. The lowest BCUT2D eigenvalue weighted by atomic mass is 9.92. The fourth-order valence-electron chi connectivity index (χ4n) is 2.62. The lowest BCUT2D eigenvalue weighted by Gasteiger charge is -2.37. The Labute approximate surface area is 111 Å². The van der Waals surface area contributed by atoms with Crippen molar-refractivity contribution < 1.29 is 9.90 Å². The van der Waals surface area contributed by atoms with Gasteiger partial charge >= 0.3 is 0 Å². The first-order valence-corrected chi connectivity index (χ1v) is 7.27. The summed E-state index contributed by atoms with van der Waals surface area (Å²) in [5, 5.41) is 13.3. The second-order valence-corrected chi connectivity index (χ2v) is 5.40. The summed E-state index contributed by atoms with van der Waals surface area (Å²) in [5.41, 5.74) is -0.594. The molecule has 1 unspecified atom stereocenters. The molecule has 0 radical (unpaired) electrons. The lowest BCUT2D eigenvalue weighted by Crippen LogP contribution is -2.49. The van der Waals surface area contributed by atoms with Crippen molar-refractivity contribution in [2.75, 3.05) is 26.2 Å². The van der Waals surface area contributed by atoms with Crippen LogP contribution in [0.1, 0.15) is 46.5 Å². The van der Waals surface area contributed by atoms with Gasteiger partial charge in [0.05, 0.1) is 11.5 Å². The fraction of sp³-hybridized carbons (Fsp3) is 0.929. The summed E-state index contributed by atoms with van der Waals surface area (Å²) in [4.78, 5) is 14.1. The number of carbonyl (C=O) groups excluding carboxylic acids is 1. The fourth-order valence-corrected chi connectivity index (χ4v) is 2.62. The molecule has 1 fully saturated rings. The van der Waals surface area contributed by atoms with E-state index in [4.69, 9.17) is 0 Å². The standard InChI is InChI=1S/C14H28N2O2/c1-4-14(18,5-2)11-16-9-7-8-12(10-16)13(17)15-6-3/h12,18H,4-11H2,1-3H3,(H,15,17). The van der Waals surface area contributed by atoms with Gasteiger partial charge in [0, 0.05) is 19.6 Å². The molecule has 0 aromatic rings. The van der Waals surface area contributed by atoms with Crippen molar-refractivity contribution >= 4 is 5.91 Å². The zero-order chi connectivity index (χ0) is 13.6. The van der Waals surface area contributed by atoms with Gasteiger partial charge in [-0.25, -0.2) is 0 Å². The Balaban J connectivity index is 2.51. The molecule has 1 atom stereocenters. The number of nitrogens with zero attached hydrogens (tertiary/aromatic N) is 1. The minimum Gasteiger partial charge on any atom is -0.389 e. The van der Waals surface area contributed by atoms with E-state index in [-0.39, 0.29) is 11.8 Å². The van der Waals surface area contributed by atoms with Gasteiger partial charge < -0.3 is 10.4 Å². The first-order valence-electron chi connectivity index (χ1n) is 7.27. The van der Waals surface area contributed by atoms with Crippen molar-refractivity contribution in [3.8, 4) is 0 Å². The highest BCUT2D eigenvalue weighted by molar-refractivity contribution is 5.78. The summed E-state index contributed by atoms with van der Waals surface area (Å²) in [6.07, 6.45) is 3.56. The summed E-state index contributed by atoms with van der Waals surface area (Å²) >= 11 is 0. The van der Waals surface area contributed by atoms with Gasteiger partial charge in [0.25, 0.3) is 0 Å². The highest BCUT2D eigenvalue weighted by atomic mass is 16.3. The van der Waals surface area contributed by atoms with E-state index >= 15 is 0 Å². The Hall–Kier alpha value is -0.610. The smallest absolute Gasteiger partial charge is 0.224 e. The molecule has 106 valence electrons. The van der Waals surface area contributed by atoms with Gasteiger partial charge in [-0.05, 0) is 39.2 Å². The van der Waals surface area contributed by atoms with Crippen molar-refractivity contribution in [2.45, 2.75) is 52.1 Å². The van der Waals surface area contributed by atoms with Gasteiger partial charge in [-0.2, -0.15) is 0 Å². The van der Waals surface area contributed by atoms with Crippen molar-refractivity contribution in [2.24, 2.45) is 5.92 Å². The lowest BCUT2D eigenvalue weighted by molar-refractivity contribution is -0.127. The number of piperidine rings is 1. The summed E-state index contributed by atoms with van der Waals surface area (Å²) in [6, 6.07) is 0. The molecule has 1 heterocycles. The summed E-state index contributed by atoms with van der Waals surface area (Å²) in [5.74, 6) is 0.260. The third kappa shape index (κ3) is 4.25. The average Bonchev–Trinajstić information content (AvgIpc) is 2.39. The van der Waals surface area contributed by atoms with E-state index in [1.807, 2.05) is 20.8 Å². The van der Waals surface area contributed by atoms with Gasteiger partial charge in [0.15, 0.2) is 0 Å². The van der Waals surface area contributed by atoms with E-state index in [0.717, 1.165) is 38.8 Å². The highest BCUT2D eigenvalue weighted by Gasteiger charge is 2.30. The van der Waals surface area contributed by atoms with Gasteiger partial charge in [-0.3, -0.25) is 9.69 Å². The number of amides is 1. The van der Waals surface area contributed by atoms with E-state index in [0.29, 0.717) is 13.1 Å². The monoisotopic (exact) mass is 256 g/mol. The molecule has 1 amide bonds. The van der Waals surface area contributed by atoms with Crippen LogP contribution < -0.4 is 5.32 Å². The number of hydrogen-bond acceptors (Lipinski definition) is 3. The maximum absolute atomic E-state index is 11.8. The van der Waals surface area contributed by atoms with Crippen LogP contribution in [0.15, 0.2) is 0 Å². The van der Waals surface area contributed by atoms with Crippen LogP contribution in [0.25, 0.3) is 0 Å². The normalized spacial score (nSPS) is 21.9. The zero-order valence-electron chi connectivity index (χ0n) is 12.0. The molecule has 2 N–H and O–H groups in total. The second-order valence-electron chi connectivity index (χ2n) is 5.40. The van der Waals surface area contributed by atoms with Crippen molar-refractivity contribution in [3.63, 3.8) is 0 Å². The van der Waals surface area contributed by atoms with Crippen LogP contribution in [0.2, 0.25) is 0 Å². The molecular weight excluding hydrogens is 228 g/mol. The second kappa shape index (κ2) is 7.10. The third-order valence-corrected chi connectivity index (χ3v) is 4.06. The van der Waals surface area contributed by atoms with Crippen LogP contribution in [-0.4, -0.2) is 47.7 Å². The van der Waals surface area contributed by atoms with Crippen LogP contribution in [0.5, 0.6) is 0 Å². The number of hydrogen-bond donors (Lipinski definition) is 2. The van der Waals surface area contributed by atoms with Crippen molar-refractivity contribution in [1.82, 2.24) is 10.2 Å². The van der Waals surface area contributed by atoms with Gasteiger partial charge in [0.1, 0.15) is 0 Å². The van der Waals surface area contributed by atoms with Crippen LogP contribution in [0.3, 0.4) is 0 Å². The minimum atomic E-state index is -0.594. The van der Waals surface area contributed by atoms with Crippen LogP contribution in [0.4, 0.5) is 0 Å². The molecule has 0 bridgehead atoms. The third-order valence-electron chi connectivity index (χ3n) is 4.06. The molecule has 1 rings (SSSR count). The maximum atomic E-state index is 11.8. The topological polar surface area (TPSA) is 52.6 Å². The molecule has 1 saturated heterocycles. The van der Waals surface area contributed by atoms with Crippen molar-refractivity contribution in [1.29, 1.82) is 0 Å². The molecule has 0 saturated carbocycles. The van der Waals surface area contributed by atoms with E-state index in [9.17, 15) is 9.90 Å². The van der Waals surface area contributed by atoms with Crippen LogP contribution >= 0.6 is 0 Å². The SMILES string of the molecule is CCNC(=O)C1CCCN(CC(O)(CC)CC)C1. The Morgan fingerprint density at radius 1 is 1.39 bits per heavy atom. The summed E-state index contributed by atoms with van der Waals surface area (Å²) in [7, 11) is 0. The largest absolute Gasteiger partial charge is 0.389 e. The van der Waals surface area contributed by atoms with E-state index in [1.165, 1.54) is 0 Å².